The quantitative estimate of drug-likeness (QED) is 0.464. The monoisotopic (exact) mass is 432 g/mol. The number of thiazole rings is 1. The maximum Gasteiger partial charge on any atom is 0.291 e. The van der Waals surface area contributed by atoms with Crippen molar-refractivity contribution in [3.8, 4) is 11.1 Å². The molecule has 0 aliphatic carbocycles. The SMILES string of the molecule is NS(=O)(=O)CCc1nnc(C(=O)c2nc3ccc(-c4ccc(F)cc4)cc3s2)o1. The van der Waals surface area contributed by atoms with Gasteiger partial charge in [-0.15, -0.1) is 21.5 Å². The van der Waals surface area contributed by atoms with E-state index < -0.39 is 15.8 Å². The Hall–Kier alpha value is -3.02. The summed E-state index contributed by atoms with van der Waals surface area (Å²) in [4.78, 5) is 16.9. The summed E-state index contributed by atoms with van der Waals surface area (Å²) in [5.41, 5.74) is 2.33. The fraction of sp³-hybridized carbons (Fsp3) is 0.111. The topological polar surface area (TPSA) is 129 Å². The Kier molecular flexibility index (Phi) is 4.94. The highest BCUT2D eigenvalue weighted by molar-refractivity contribution is 7.89. The molecule has 2 N–H and O–H groups in total. The largest absolute Gasteiger partial charge is 0.418 e. The Morgan fingerprint density at radius 2 is 1.83 bits per heavy atom. The van der Waals surface area contributed by atoms with E-state index >= 15 is 0 Å². The lowest BCUT2D eigenvalue weighted by Crippen LogP contribution is -2.18. The second-order valence-electron chi connectivity index (χ2n) is 6.16. The molecule has 0 aliphatic heterocycles. The second-order valence-corrected chi connectivity index (χ2v) is 8.92. The molecule has 0 saturated heterocycles. The molecule has 0 radical (unpaired) electrons. The molecule has 2 heterocycles. The van der Waals surface area contributed by atoms with E-state index in [9.17, 15) is 17.6 Å². The molecule has 4 aromatic rings. The highest BCUT2D eigenvalue weighted by Crippen LogP contribution is 2.29. The molecule has 0 spiro atoms. The lowest BCUT2D eigenvalue weighted by Gasteiger charge is -2.01. The van der Waals surface area contributed by atoms with Gasteiger partial charge in [-0.1, -0.05) is 18.2 Å². The summed E-state index contributed by atoms with van der Waals surface area (Å²) in [5, 5.41) is 12.4. The van der Waals surface area contributed by atoms with Gasteiger partial charge in [-0.3, -0.25) is 4.79 Å². The number of nitrogens with two attached hydrogens (primary N) is 1. The van der Waals surface area contributed by atoms with Gasteiger partial charge < -0.3 is 4.42 Å². The number of fused-ring (bicyclic) bond motifs is 1. The summed E-state index contributed by atoms with van der Waals surface area (Å²) in [7, 11) is -3.68. The van der Waals surface area contributed by atoms with Crippen molar-refractivity contribution in [2.24, 2.45) is 5.14 Å². The van der Waals surface area contributed by atoms with Gasteiger partial charge in [-0.05, 0) is 35.4 Å². The van der Waals surface area contributed by atoms with Gasteiger partial charge in [0.1, 0.15) is 5.82 Å². The normalized spacial score (nSPS) is 11.8. The van der Waals surface area contributed by atoms with Crippen molar-refractivity contribution < 1.29 is 22.0 Å². The van der Waals surface area contributed by atoms with Gasteiger partial charge in [0.15, 0.2) is 5.01 Å². The zero-order valence-electron chi connectivity index (χ0n) is 14.7. The number of primary sulfonamides is 1. The molecule has 0 unspecified atom stereocenters. The minimum absolute atomic E-state index is 0.00193. The van der Waals surface area contributed by atoms with E-state index in [-0.39, 0.29) is 34.8 Å². The molecule has 2 aromatic heterocycles. The van der Waals surface area contributed by atoms with Crippen LogP contribution in [0.2, 0.25) is 0 Å². The first-order chi connectivity index (χ1) is 13.8. The van der Waals surface area contributed by atoms with Crippen LogP contribution in [0.3, 0.4) is 0 Å². The van der Waals surface area contributed by atoms with Crippen LogP contribution in [0, 0.1) is 5.82 Å². The number of ketones is 1. The third-order valence-corrected chi connectivity index (χ3v) is 5.81. The molecule has 0 bridgehead atoms. The number of hydrogen-bond acceptors (Lipinski definition) is 8. The van der Waals surface area contributed by atoms with Gasteiger partial charge >= 0.3 is 0 Å². The zero-order valence-corrected chi connectivity index (χ0v) is 16.3. The Labute approximate surface area is 168 Å². The van der Waals surface area contributed by atoms with E-state index in [4.69, 9.17) is 9.56 Å². The van der Waals surface area contributed by atoms with Crippen molar-refractivity contribution in [3.63, 3.8) is 0 Å². The maximum absolute atomic E-state index is 13.1. The maximum atomic E-state index is 13.1. The summed E-state index contributed by atoms with van der Waals surface area (Å²) in [6, 6.07) is 11.6. The number of carbonyl (C=O) groups excluding carboxylic acids is 1. The fourth-order valence-corrected chi connectivity index (χ4v) is 4.01. The van der Waals surface area contributed by atoms with E-state index in [2.05, 4.69) is 15.2 Å². The molecule has 0 amide bonds. The smallest absolute Gasteiger partial charge is 0.291 e. The molecule has 11 heteroatoms. The number of aryl methyl sites for hydroxylation is 1. The highest BCUT2D eigenvalue weighted by atomic mass is 32.2. The number of rotatable bonds is 6. The number of sulfonamides is 1. The number of aromatic nitrogens is 3. The Morgan fingerprint density at radius 1 is 1.10 bits per heavy atom. The molecule has 0 fully saturated rings. The van der Waals surface area contributed by atoms with Gasteiger partial charge in [-0.25, -0.2) is 22.9 Å². The molecular weight excluding hydrogens is 419 g/mol. The molecule has 0 aliphatic rings. The molecule has 29 heavy (non-hydrogen) atoms. The second kappa shape index (κ2) is 7.43. The molecular formula is C18H13FN4O4S2. The van der Waals surface area contributed by atoms with Crippen LogP contribution in [0.25, 0.3) is 21.3 Å². The van der Waals surface area contributed by atoms with Gasteiger partial charge in [0.05, 0.1) is 16.0 Å². The van der Waals surface area contributed by atoms with Crippen LogP contribution >= 0.6 is 11.3 Å². The lowest BCUT2D eigenvalue weighted by molar-refractivity contribution is 0.100. The van der Waals surface area contributed by atoms with Crippen molar-refractivity contribution >= 4 is 37.4 Å². The first-order valence-electron chi connectivity index (χ1n) is 8.32. The number of carbonyl (C=O) groups is 1. The van der Waals surface area contributed by atoms with Crippen LogP contribution in [-0.2, 0) is 16.4 Å². The summed E-state index contributed by atoms with van der Waals surface area (Å²) >= 11 is 1.16. The van der Waals surface area contributed by atoms with E-state index in [1.807, 2.05) is 12.1 Å². The van der Waals surface area contributed by atoms with Crippen molar-refractivity contribution in [1.82, 2.24) is 15.2 Å². The average Bonchev–Trinajstić information content (AvgIpc) is 3.32. The van der Waals surface area contributed by atoms with Crippen molar-refractivity contribution in [1.29, 1.82) is 0 Å². The molecule has 0 atom stereocenters. The van der Waals surface area contributed by atoms with Crippen LogP contribution in [-0.4, -0.2) is 35.1 Å². The first-order valence-corrected chi connectivity index (χ1v) is 10.9. The minimum Gasteiger partial charge on any atom is -0.418 e. The van der Waals surface area contributed by atoms with Crippen LogP contribution in [0.15, 0.2) is 46.9 Å². The number of nitrogens with zero attached hydrogens (tertiary/aromatic N) is 3. The predicted octanol–water partition coefficient (Wildman–Crippen LogP) is 2.55. The Bertz CT molecular complexity index is 1310. The summed E-state index contributed by atoms with van der Waals surface area (Å²) < 4.78 is 41.1. The van der Waals surface area contributed by atoms with Gasteiger partial charge in [0.2, 0.25) is 15.9 Å². The van der Waals surface area contributed by atoms with E-state index in [0.29, 0.717) is 5.52 Å². The molecule has 0 saturated carbocycles. The van der Waals surface area contributed by atoms with Crippen LogP contribution in [0.1, 0.15) is 21.6 Å². The summed E-state index contributed by atoms with van der Waals surface area (Å²) in [6.45, 7) is 0. The fourth-order valence-electron chi connectivity index (χ4n) is 2.61. The minimum atomic E-state index is -3.68. The third-order valence-electron chi connectivity index (χ3n) is 4.02. The molecule has 2 aromatic carbocycles. The summed E-state index contributed by atoms with van der Waals surface area (Å²) in [5.74, 6) is -1.50. The van der Waals surface area contributed by atoms with Crippen LogP contribution in [0.4, 0.5) is 4.39 Å². The average molecular weight is 432 g/mol. The van der Waals surface area contributed by atoms with E-state index in [0.717, 1.165) is 27.2 Å². The zero-order chi connectivity index (χ0) is 20.6. The van der Waals surface area contributed by atoms with Gasteiger partial charge in [-0.2, -0.15) is 0 Å². The van der Waals surface area contributed by atoms with Crippen LogP contribution in [0.5, 0.6) is 0 Å². The number of halogens is 1. The van der Waals surface area contributed by atoms with E-state index in [1.165, 1.54) is 12.1 Å². The van der Waals surface area contributed by atoms with Gasteiger partial charge in [0.25, 0.3) is 11.7 Å². The van der Waals surface area contributed by atoms with Gasteiger partial charge in [0, 0.05) is 6.42 Å². The van der Waals surface area contributed by atoms with Crippen molar-refractivity contribution in [2.45, 2.75) is 6.42 Å². The third kappa shape index (κ3) is 4.36. The lowest BCUT2D eigenvalue weighted by atomic mass is 10.1. The summed E-state index contributed by atoms with van der Waals surface area (Å²) in [6.07, 6.45) is -0.0833. The molecule has 4 rings (SSSR count). The van der Waals surface area contributed by atoms with E-state index in [1.54, 1.807) is 18.2 Å². The number of hydrogen-bond donors (Lipinski definition) is 1. The Morgan fingerprint density at radius 3 is 2.55 bits per heavy atom. The predicted molar refractivity (Wildman–Crippen MR) is 104 cm³/mol. The molecule has 148 valence electrons. The van der Waals surface area contributed by atoms with Crippen molar-refractivity contribution in [2.75, 3.05) is 5.75 Å². The Balaban J connectivity index is 1.58. The van der Waals surface area contributed by atoms with Crippen molar-refractivity contribution in [3.05, 3.63) is 65.1 Å². The highest BCUT2D eigenvalue weighted by Gasteiger charge is 2.21. The standard InChI is InChI=1S/C18H13FN4O4S2/c19-12-4-1-10(2-5-12)11-3-6-13-14(9-11)28-18(21-13)16(24)17-23-22-15(27-17)7-8-29(20,25)26/h1-6,9H,7-8H2,(H2,20,25,26). The molecule has 8 nitrogen and oxygen atoms in total. The first kappa shape index (κ1) is 19.3. The number of benzene rings is 2. The van der Waals surface area contributed by atoms with Crippen LogP contribution < -0.4 is 5.14 Å².